The van der Waals surface area contributed by atoms with Crippen LogP contribution >= 0.6 is 0 Å². The third kappa shape index (κ3) is 5.83. The Morgan fingerprint density at radius 2 is 1.18 bits per heavy atom. The van der Waals surface area contributed by atoms with Crippen molar-refractivity contribution >= 4 is 12.6 Å². The number of carbonyl (C=O) groups excluding carboxylic acids is 2. The van der Waals surface area contributed by atoms with E-state index in [1.165, 1.54) is 0 Å². The number of carbonyl (C=O) groups is 2. The van der Waals surface area contributed by atoms with Crippen LogP contribution in [-0.2, 0) is 0 Å². The minimum Gasteiger partial charge on any atom is -0.491 e. The Bertz CT molecular complexity index is 455. The minimum absolute atomic E-state index is 0.379. The normalized spacial score (nSPS) is 10.8. The molecule has 0 aliphatic heterocycles. The Hall–Kier alpha value is -1.92. The molecule has 0 bridgehead atoms. The van der Waals surface area contributed by atoms with Crippen LogP contribution in [0, 0.1) is 0 Å². The Morgan fingerprint density at radius 3 is 1.45 bits per heavy atom. The fourth-order valence-electron chi connectivity index (χ4n) is 1.70. The lowest BCUT2D eigenvalue weighted by atomic mass is 10.1. The van der Waals surface area contributed by atoms with Gasteiger partial charge in [-0.3, -0.25) is 9.59 Å². The number of aldehydes is 2. The molecular formula is C16H24N2O4. The van der Waals surface area contributed by atoms with Crippen molar-refractivity contribution in [3.8, 4) is 11.5 Å². The molecule has 0 aromatic heterocycles. The average Bonchev–Trinajstić information content (AvgIpc) is 2.47. The van der Waals surface area contributed by atoms with Crippen LogP contribution in [0.15, 0.2) is 12.1 Å². The van der Waals surface area contributed by atoms with Gasteiger partial charge in [0.05, 0.1) is 11.1 Å². The fraction of sp³-hybridized carbons (Fsp3) is 0.500. The van der Waals surface area contributed by atoms with Gasteiger partial charge in [-0.15, -0.1) is 0 Å². The van der Waals surface area contributed by atoms with Crippen molar-refractivity contribution in [2.75, 3.05) is 54.5 Å². The SMILES string of the molecule is CN(C)CCOc1cc(C=O)c(OCCN(C)C)cc1C=O. The van der Waals surface area contributed by atoms with Gasteiger partial charge >= 0.3 is 0 Å². The lowest BCUT2D eigenvalue weighted by Gasteiger charge is -2.16. The molecule has 0 saturated heterocycles. The topological polar surface area (TPSA) is 59.1 Å². The first-order valence-corrected chi connectivity index (χ1v) is 7.11. The second-order valence-corrected chi connectivity index (χ2v) is 5.47. The highest BCUT2D eigenvalue weighted by Crippen LogP contribution is 2.27. The zero-order chi connectivity index (χ0) is 16.5. The third-order valence-electron chi connectivity index (χ3n) is 2.99. The molecule has 1 aromatic rings. The molecule has 6 heteroatoms. The van der Waals surface area contributed by atoms with Crippen LogP contribution in [0.5, 0.6) is 11.5 Å². The third-order valence-corrected chi connectivity index (χ3v) is 2.99. The Labute approximate surface area is 131 Å². The van der Waals surface area contributed by atoms with Gasteiger partial charge in [0.15, 0.2) is 12.6 Å². The van der Waals surface area contributed by atoms with Crippen LogP contribution in [0.25, 0.3) is 0 Å². The van der Waals surface area contributed by atoms with Crippen molar-refractivity contribution in [3.05, 3.63) is 23.3 Å². The Morgan fingerprint density at radius 1 is 0.818 bits per heavy atom. The molecule has 0 amide bonds. The quantitative estimate of drug-likeness (QED) is 0.605. The van der Waals surface area contributed by atoms with E-state index in [4.69, 9.17) is 9.47 Å². The number of rotatable bonds is 10. The number of likely N-dealkylation sites (N-methyl/N-ethyl adjacent to an activating group) is 2. The van der Waals surface area contributed by atoms with Crippen LogP contribution in [0.3, 0.4) is 0 Å². The number of hydrogen-bond acceptors (Lipinski definition) is 6. The van der Waals surface area contributed by atoms with Gasteiger partial charge in [-0.05, 0) is 40.3 Å². The van der Waals surface area contributed by atoms with E-state index in [2.05, 4.69) is 0 Å². The van der Waals surface area contributed by atoms with Crippen LogP contribution in [0.4, 0.5) is 0 Å². The molecule has 1 rings (SSSR count). The summed E-state index contributed by atoms with van der Waals surface area (Å²) in [4.78, 5) is 26.4. The summed E-state index contributed by atoms with van der Waals surface area (Å²) in [5, 5.41) is 0. The monoisotopic (exact) mass is 308 g/mol. The van der Waals surface area contributed by atoms with Gasteiger partial charge in [-0.2, -0.15) is 0 Å². The Kier molecular flexibility index (Phi) is 7.56. The van der Waals surface area contributed by atoms with E-state index in [1.807, 2.05) is 38.0 Å². The first-order valence-electron chi connectivity index (χ1n) is 7.11. The molecular weight excluding hydrogens is 284 g/mol. The molecule has 1 aromatic carbocycles. The van der Waals surface area contributed by atoms with E-state index in [0.717, 1.165) is 13.1 Å². The maximum absolute atomic E-state index is 11.2. The first-order chi connectivity index (χ1) is 10.5. The molecule has 0 N–H and O–H groups in total. The van der Waals surface area contributed by atoms with Crippen LogP contribution in [-0.4, -0.2) is 76.9 Å². The second-order valence-electron chi connectivity index (χ2n) is 5.47. The lowest BCUT2D eigenvalue weighted by molar-refractivity contribution is 0.110. The summed E-state index contributed by atoms with van der Waals surface area (Å²) in [6.07, 6.45) is 1.41. The molecule has 0 radical (unpaired) electrons. The van der Waals surface area contributed by atoms with Crippen LogP contribution in [0.1, 0.15) is 20.7 Å². The van der Waals surface area contributed by atoms with Crippen LogP contribution in [0.2, 0.25) is 0 Å². The largest absolute Gasteiger partial charge is 0.491 e. The van der Waals surface area contributed by atoms with Crippen molar-refractivity contribution in [2.45, 2.75) is 0 Å². The average molecular weight is 308 g/mol. The maximum atomic E-state index is 11.2. The fourth-order valence-corrected chi connectivity index (χ4v) is 1.70. The summed E-state index contributed by atoms with van der Waals surface area (Å²) in [5.74, 6) is 0.804. The molecule has 0 unspecified atom stereocenters. The molecule has 0 saturated carbocycles. The molecule has 0 atom stereocenters. The zero-order valence-corrected chi connectivity index (χ0v) is 13.7. The minimum atomic E-state index is 0.379. The van der Waals surface area contributed by atoms with Gasteiger partial charge in [0.1, 0.15) is 24.7 Å². The molecule has 0 aliphatic carbocycles. The second kappa shape index (κ2) is 9.17. The summed E-state index contributed by atoms with van der Waals surface area (Å²) < 4.78 is 11.2. The maximum Gasteiger partial charge on any atom is 0.153 e. The number of benzene rings is 1. The van der Waals surface area contributed by atoms with E-state index in [1.54, 1.807) is 12.1 Å². The molecule has 122 valence electrons. The van der Waals surface area contributed by atoms with Gasteiger partial charge in [0.25, 0.3) is 0 Å². The van der Waals surface area contributed by atoms with E-state index in [9.17, 15) is 9.59 Å². The summed E-state index contributed by atoms with van der Waals surface area (Å²) in [6.45, 7) is 2.31. The molecule has 22 heavy (non-hydrogen) atoms. The van der Waals surface area contributed by atoms with Crippen molar-refractivity contribution in [2.24, 2.45) is 0 Å². The van der Waals surface area contributed by atoms with Gasteiger partial charge in [0, 0.05) is 13.1 Å². The van der Waals surface area contributed by atoms with Crippen LogP contribution < -0.4 is 9.47 Å². The molecule has 0 fully saturated rings. The standard InChI is InChI=1S/C16H24N2O4/c1-17(2)5-7-21-15-9-14(12-20)16(10-13(15)11-19)22-8-6-18(3)4/h9-12H,5-8H2,1-4H3. The van der Waals surface area contributed by atoms with Crippen molar-refractivity contribution in [3.63, 3.8) is 0 Å². The molecule has 0 spiro atoms. The highest BCUT2D eigenvalue weighted by Gasteiger charge is 2.12. The summed E-state index contributed by atoms with van der Waals surface area (Å²) in [5.41, 5.74) is 0.758. The molecule has 0 heterocycles. The van der Waals surface area contributed by atoms with Crippen molar-refractivity contribution < 1.29 is 19.1 Å². The molecule has 0 aliphatic rings. The molecule has 6 nitrogen and oxygen atoms in total. The zero-order valence-electron chi connectivity index (χ0n) is 13.7. The summed E-state index contributed by atoms with van der Waals surface area (Å²) >= 11 is 0. The predicted octanol–water partition coefficient (Wildman–Crippen LogP) is 1.19. The number of hydrogen-bond donors (Lipinski definition) is 0. The van der Waals surface area contributed by atoms with E-state index < -0.39 is 0 Å². The predicted molar refractivity (Wildman–Crippen MR) is 85.3 cm³/mol. The summed E-state index contributed by atoms with van der Waals surface area (Å²) in [6, 6.07) is 3.11. The highest BCUT2D eigenvalue weighted by molar-refractivity contribution is 5.87. The first kappa shape index (κ1) is 18.1. The lowest BCUT2D eigenvalue weighted by Crippen LogP contribution is -2.20. The Balaban J connectivity index is 2.86. The number of ether oxygens (including phenoxy) is 2. The van der Waals surface area contributed by atoms with E-state index >= 15 is 0 Å². The van der Waals surface area contributed by atoms with Gasteiger partial charge < -0.3 is 19.3 Å². The number of nitrogens with zero attached hydrogens (tertiary/aromatic N) is 2. The summed E-state index contributed by atoms with van der Waals surface area (Å²) in [7, 11) is 7.73. The van der Waals surface area contributed by atoms with Gasteiger partial charge in [0.2, 0.25) is 0 Å². The van der Waals surface area contributed by atoms with Crippen molar-refractivity contribution in [1.29, 1.82) is 0 Å². The highest BCUT2D eigenvalue weighted by atomic mass is 16.5. The van der Waals surface area contributed by atoms with Gasteiger partial charge in [-0.25, -0.2) is 0 Å². The van der Waals surface area contributed by atoms with Gasteiger partial charge in [-0.1, -0.05) is 0 Å². The van der Waals surface area contributed by atoms with E-state index in [-0.39, 0.29) is 0 Å². The van der Waals surface area contributed by atoms with E-state index in [0.29, 0.717) is 48.4 Å². The van der Waals surface area contributed by atoms with Crippen molar-refractivity contribution in [1.82, 2.24) is 9.80 Å². The smallest absolute Gasteiger partial charge is 0.153 e.